The molecule has 1 amide bonds. The fourth-order valence-corrected chi connectivity index (χ4v) is 3.06. The highest BCUT2D eigenvalue weighted by Gasteiger charge is 2.25. The van der Waals surface area contributed by atoms with Crippen molar-refractivity contribution < 1.29 is 14.3 Å². The summed E-state index contributed by atoms with van der Waals surface area (Å²) in [5.41, 5.74) is 3.09. The topological polar surface area (TPSA) is 55.4 Å². The summed E-state index contributed by atoms with van der Waals surface area (Å²) in [5, 5.41) is 2.80. The number of nitrogens with one attached hydrogen (secondary N) is 1. The minimum absolute atomic E-state index is 0.0219. The molecule has 0 heterocycles. The van der Waals surface area contributed by atoms with Gasteiger partial charge in [-0.05, 0) is 63.3 Å². The van der Waals surface area contributed by atoms with Crippen LogP contribution in [0, 0.1) is 26.7 Å². The Morgan fingerprint density at radius 2 is 1.78 bits per heavy atom. The van der Waals surface area contributed by atoms with E-state index in [1.165, 1.54) is 6.42 Å². The van der Waals surface area contributed by atoms with Crippen molar-refractivity contribution in [2.45, 2.75) is 65.8 Å². The van der Waals surface area contributed by atoms with Crippen molar-refractivity contribution in [3.63, 3.8) is 0 Å². The van der Waals surface area contributed by atoms with E-state index in [0.29, 0.717) is 5.75 Å². The summed E-state index contributed by atoms with van der Waals surface area (Å²) in [5.74, 6) is 0.182. The van der Waals surface area contributed by atoms with Crippen LogP contribution >= 0.6 is 0 Å². The van der Waals surface area contributed by atoms with Gasteiger partial charge in [0.25, 0.3) is 0 Å². The van der Waals surface area contributed by atoms with E-state index < -0.39 is 12.0 Å². The number of amides is 1. The second-order valence-electron chi connectivity index (χ2n) is 6.69. The molecule has 0 aromatic heterocycles. The second-order valence-corrected chi connectivity index (χ2v) is 6.69. The van der Waals surface area contributed by atoms with Crippen LogP contribution in [0.15, 0.2) is 12.1 Å². The molecule has 1 unspecified atom stereocenters. The Balaban J connectivity index is 1.96. The molecule has 0 aliphatic heterocycles. The molecule has 126 valence electrons. The van der Waals surface area contributed by atoms with Gasteiger partial charge < -0.3 is 10.1 Å². The number of aryl methyl sites for hydroxylation is 2. The lowest BCUT2D eigenvalue weighted by molar-refractivity contribution is -0.139. The van der Waals surface area contributed by atoms with Crippen molar-refractivity contribution in [2.75, 3.05) is 0 Å². The van der Waals surface area contributed by atoms with Crippen molar-refractivity contribution in [1.82, 2.24) is 5.32 Å². The standard InChI is InChI=1S/C19H27NO3/c1-12-10-13(2)14(3)17(11-12)23-19(22)15(4)20-18(21)16-8-6-5-7-9-16/h10-11,15-16H,5-9H2,1-4H3,(H,20,21). The summed E-state index contributed by atoms with van der Waals surface area (Å²) >= 11 is 0. The number of benzene rings is 1. The van der Waals surface area contributed by atoms with Gasteiger partial charge in [0.2, 0.25) is 5.91 Å². The molecule has 1 fully saturated rings. The van der Waals surface area contributed by atoms with Gasteiger partial charge in [0.1, 0.15) is 11.8 Å². The highest BCUT2D eigenvalue weighted by Crippen LogP contribution is 2.25. The van der Waals surface area contributed by atoms with E-state index in [2.05, 4.69) is 11.4 Å². The number of ether oxygens (including phenoxy) is 1. The monoisotopic (exact) mass is 317 g/mol. The summed E-state index contributed by atoms with van der Waals surface area (Å²) in [6.45, 7) is 7.58. The number of esters is 1. The zero-order valence-electron chi connectivity index (χ0n) is 14.6. The van der Waals surface area contributed by atoms with Gasteiger partial charge in [-0.25, -0.2) is 4.79 Å². The first-order valence-corrected chi connectivity index (χ1v) is 8.48. The van der Waals surface area contributed by atoms with Gasteiger partial charge >= 0.3 is 5.97 Å². The van der Waals surface area contributed by atoms with Gasteiger partial charge in [-0.15, -0.1) is 0 Å². The van der Waals surface area contributed by atoms with Crippen molar-refractivity contribution >= 4 is 11.9 Å². The van der Waals surface area contributed by atoms with E-state index in [0.717, 1.165) is 42.4 Å². The molecule has 2 rings (SSSR count). The molecule has 1 aromatic carbocycles. The molecule has 1 aromatic rings. The Morgan fingerprint density at radius 3 is 2.43 bits per heavy atom. The molecule has 1 aliphatic rings. The van der Waals surface area contributed by atoms with Gasteiger partial charge in [-0.3, -0.25) is 4.79 Å². The van der Waals surface area contributed by atoms with Crippen LogP contribution < -0.4 is 10.1 Å². The molecule has 1 N–H and O–H groups in total. The van der Waals surface area contributed by atoms with Crippen LogP contribution in [0.3, 0.4) is 0 Å². The third-order valence-corrected chi connectivity index (χ3v) is 4.66. The first-order chi connectivity index (χ1) is 10.9. The number of carbonyl (C=O) groups is 2. The normalized spacial score (nSPS) is 16.7. The Labute approximate surface area is 138 Å². The van der Waals surface area contributed by atoms with Crippen LogP contribution in [-0.2, 0) is 9.59 Å². The van der Waals surface area contributed by atoms with Gasteiger partial charge in [0.05, 0.1) is 0 Å². The van der Waals surface area contributed by atoms with E-state index in [1.54, 1.807) is 6.92 Å². The van der Waals surface area contributed by atoms with E-state index in [1.807, 2.05) is 26.8 Å². The quantitative estimate of drug-likeness (QED) is 0.682. The summed E-state index contributed by atoms with van der Waals surface area (Å²) in [4.78, 5) is 24.5. The molecule has 4 nitrogen and oxygen atoms in total. The lowest BCUT2D eigenvalue weighted by atomic mass is 9.88. The second kappa shape index (κ2) is 7.62. The highest BCUT2D eigenvalue weighted by molar-refractivity contribution is 5.86. The highest BCUT2D eigenvalue weighted by atomic mass is 16.5. The van der Waals surface area contributed by atoms with Crippen molar-refractivity contribution in [3.05, 3.63) is 28.8 Å². The SMILES string of the molecule is Cc1cc(C)c(C)c(OC(=O)C(C)NC(=O)C2CCCCC2)c1. The van der Waals surface area contributed by atoms with Gasteiger partial charge in [-0.2, -0.15) is 0 Å². The van der Waals surface area contributed by atoms with Crippen LogP contribution in [0.1, 0.15) is 55.7 Å². The predicted octanol–water partition coefficient (Wildman–Crippen LogP) is 3.60. The van der Waals surface area contributed by atoms with Crippen LogP contribution in [0.4, 0.5) is 0 Å². The first kappa shape index (κ1) is 17.5. The fraction of sp³-hybridized carbons (Fsp3) is 0.579. The zero-order chi connectivity index (χ0) is 17.0. The third kappa shape index (κ3) is 4.57. The number of rotatable bonds is 4. The van der Waals surface area contributed by atoms with Gasteiger partial charge in [0.15, 0.2) is 0 Å². The average molecular weight is 317 g/mol. The number of hydrogen-bond donors (Lipinski definition) is 1. The summed E-state index contributed by atoms with van der Waals surface area (Å²) in [7, 11) is 0. The minimum Gasteiger partial charge on any atom is -0.425 e. The predicted molar refractivity (Wildman–Crippen MR) is 90.5 cm³/mol. The lowest BCUT2D eigenvalue weighted by Crippen LogP contribution is -2.44. The maximum Gasteiger partial charge on any atom is 0.333 e. The summed E-state index contributed by atoms with van der Waals surface area (Å²) in [6.07, 6.45) is 5.23. The maximum absolute atomic E-state index is 12.3. The molecular weight excluding hydrogens is 290 g/mol. The maximum atomic E-state index is 12.3. The van der Waals surface area contributed by atoms with Crippen molar-refractivity contribution in [3.8, 4) is 5.75 Å². The molecule has 0 spiro atoms. The fourth-order valence-electron chi connectivity index (χ4n) is 3.06. The molecule has 0 radical (unpaired) electrons. The molecule has 4 heteroatoms. The molecule has 1 atom stereocenters. The van der Waals surface area contributed by atoms with Gasteiger partial charge in [-0.1, -0.05) is 25.3 Å². The lowest BCUT2D eigenvalue weighted by Gasteiger charge is -2.22. The van der Waals surface area contributed by atoms with E-state index in [4.69, 9.17) is 4.74 Å². The summed E-state index contributed by atoms with van der Waals surface area (Å²) in [6, 6.07) is 3.28. The first-order valence-electron chi connectivity index (χ1n) is 8.48. The van der Waals surface area contributed by atoms with Crippen molar-refractivity contribution in [2.24, 2.45) is 5.92 Å². The third-order valence-electron chi connectivity index (χ3n) is 4.66. The Hall–Kier alpha value is -1.84. The zero-order valence-corrected chi connectivity index (χ0v) is 14.6. The Morgan fingerprint density at radius 1 is 1.13 bits per heavy atom. The van der Waals surface area contributed by atoms with E-state index in [9.17, 15) is 9.59 Å². The average Bonchev–Trinajstić information content (AvgIpc) is 2.52. The van der Waals surface area contributed by atoms with E-state index in [-0.39, 0.29) is 11.8 Å². The molecule has 0 saturated heterocycles. The molecular formula is C19H27NO3. The van der Waals surface area contributed by atoms with Crippen LogP contribution in [-0.4, -0.2) is 17.9 Å². The molecule has 1 aliphatic carbocycles. The van der Waals surface area contributed by atoms with Gasteiger partial charge in [0, 0.05) is 5.92 Å². The number of carbonyl (C=O) groups excluding carboxylic acids is 2. The Kier molecular flexibility index (Phi) is 5.80. The van der Waals surface area contributed by atoms with Crippen molar-refractivity contribution in [1.29, 1.82) is 0 Å². The smallest absolute Gasteiger partial charge is 0.333 e. The van der Waals surface area contributed by atoms with E-state index >= 15 is 0 Å². The summed E-state index contributed by atoms with van der Waals surface area (Å²) < 4.78 is 5.50. The molecule has 23 heavy (non-hydrogen) atoms. The number of hydrogen-bond acceptors (Lipinski definition) is 3. The molecule has 1 saturated carbocycles. The van der Waals surface area contributed by atoms with Crippen LogP contribution in [0.25, 0.3) is 0 Å². The minimum atomic E-state index is -0.635. The molecule has 0 bridgehead atoms. The Bertz CT molecular complexity index is 589. The largest absolute Gasteiger partial charge is 0.425 e. The van der Waals surface area contributed by atoms with Crippen LogP contribution in [0.2, 0.25) is 0 Å². The van der Waals surface area contributed by atoms with Crippen LogP contribution in [0.5, 0.6) is 5.75 Å².